The van der Waals surface area contributed by atoms with Crippen LogP contribution in [0.15, 0.2) is 24.3 Å². The molecule has 1 saturated heterocycles. The highest BCUT2D eigenvalue weighted by Crippen LogP contribution is 2.26. The van der Waals surface area contributed by atoms with Crippen molar-refractivity contribution in [1.29, 1.82) is 0 Å². The van der Waals surface area contributed by atoms with Crippen LogP contribution in [0.2, 0.25) is 0 Å². The third-order valence-corrected chi connectivity index (χ3v) is 4.07. The molecule has 2 N–H and O–H groups in total. The lowest BCUT2D eigenvalue weighted by Crippen LogP contribution is -2.51. The fourth-order valence-electron chi connectivity index (χ4n) is 2.42. The van der Waals surface area contributed by atoms with Crippen molar-refractivity contribution in [3.63, 3.8) is 0 Å². The van der Waals surface area contributed by atoms with Crippen molar-refractivity contribution in [2.45, 2.75) is 25.4 Å². The second kappa shape index (κ2) is 6.46. The predicted octanol–water partition coefficient (Wildman–Crippen LogP) is 1.68. The zero-order valence-electron chi connectivity index (χ0n) is 11.7. The first-order chi connectivity index (χ1) is 9.52. The van der Waals surface area contributed by atoms with Crippen LogP contribution in [0.1, 0.15) is 18.4 Å². The van der Waals surface area contributed by atoms with Crippen LogP contribution < -0.4 is 10.2 Å². The smallest absolute Gasteiger partial charge is 0.235 e. The highest BCUT2D eigenvalue weighted by atomic mass is 35.5. The molecule has 0 saturated carbocycles. The van der Waals surface area contributed by atoms with E-state index < -0.39 is 5.60 Å². The number of nitrogens with zero attached hydrogens (tertiary/aromatic N) is 1. The van der Waals surface area contributed by atoms with Crippen molar-refractivity contribution in [1.82, 2.24) is 5.32 Å². The second-order valence-electron chi connectivity index (χ2n) is 5.46. The zero-order chi connectivity index (χ0) is 14.6. The van der Waals surface area contributed by atoms with Crippen molar-refractivity contribution in [2.24, 2.45) is 0 Å². The molecule has 1 fully saturated rings. The summed E-state index contributed by atoms with van der Waals surface area (Å²) in [6.45, 7) is 3.92. The molecular formula is C15H21ClN2O2. The summed E-state index contributed by atoms with van der Waals surface area (Å²) < 4.78 is 0. The Morgan fingerprint density at radius 1 is 1.35 bits per heavy atom. The molecule has 0 spiro atoms. The van der Waals surface area contributed by atoms with Crippen molar-refractivity contribution in [3.8, 4) is 0 Å². The Kier molecular flexibility index (Phi) is 4.89. The molecule has 1 aliphatic rings. The molecule has 1 aliphatic heterocycles. The van der Waals surface area contributed by atoms with Crippen LogP contribution in [0.25, 0.3) is 0 Å². The van der Waals surface area contributed by atoms with E-state index in [9.17, 15) is 9.90 Å². The van der Waals surface area contributed by atoms with E-state index in [1.54, 1.807) is 0 Å². The quantitative estimate of drug-likeness (QED) is 0.831. The maximum absolute atomic E-state index is 11.1. The van der Waals surface area contributed by atoms with Gasteiger partial charge in [-0.2, -0.15) is 0 Å². The fourth-order valence-corrected chi connectivity index (χ4v) is 2.52. The van der Waals surface area contributed by atoms with Gasteiger partial charge < -0.3 is 15.3 Å². The van der Waals surface area contributed by atoms with Crippen LogP contribution in [0.3, 0.4) is 0 Å². The van der Waals surface area contributed by atoms with E-state index in [0.717, 1.165) is 13.1 Å². The topological polar surface area (TPSA) is 52.6 Å². The van der Waals surface area contributed by atoms with Gasteiger partial charge in [-0.25, -0.2) is 0 Å². The van der Waals surface area contributed by atoms with Gasteiger partial charge in [0.25, 0.3) is 0 Å². The number of alkyl halides is 1. The van der Waals surface area contributed by atoms with Gasteiger partial charge in [-0.1, -0.05) is 17.7 Å². The maximum Gasteiger partial charge on any atom is 0.235 e. The van der Waals surface area contributed by atoms with Gasteiger partial charge in [0.1, 0.15) is 5.88 Å². The summed E-state index contributed by atoms with van der Waals surface area (Å²) in [4.78, 5) is 13.4. The lowest BCUT2D eigenvalue weighted by atomic mass is 9.91. The van der Waals surface area contributed by atoms with E-state index >= 15 is 0 Å². The number of amides is 1. The SMILES string of the molecule is Cc1ccc(N2CCC(O)(CNC(=O)CCl)CC2)cc1. The summed E-state index contributed by atoms with van der Waals surface area (Å²) in [5.74, 6) is -0.299. The van der Waals surface area contributed by atoms with E-state index in [1.807, 2.05) is 0 Å². The van der Waals surface area contributed by atoms with Gasteiger partial charge in [-0.3, -0.25) is 4.79 Å². The number of carbonyl (C=O) groups is 1. The fraction of sp³-hybridized carbons (Fsp3) is 0.533. The Morgan fingerprint density at radius 2 is 1.95 bits per heavy atom. The molecule has 0 radical (unpaired) electrons. The molecule has 0 unspecified atom stereocenters. The van der Waals surface area contributed by atoms with Gasteiger partial charge in [0.2, 0.25) is 5.91 Å². The third kappa shape index (κ3) is 3.87. The number of halogens is 1. The summed E-state index contributed by atoms with van der Waals surface area (Å²) >= 11 is 5.43. The number of anilines is 1. The number of hydrogen-bond donors (Lipinski definition) is 2. The standard InChI is InChI=1S/C15H21ClN2O2/c1-12-2-4-13(5-3-12)18-8-6-15(20,7-9-18)11-17-14(19)10-16/h2-5,20H,6-11H2,1H3,(H,17,19). The first-order valence-electron chi connectivity index (χ1n) is 6.89. The number of hydrogen-bond acceptors (Lipinski definition) is 3. The summed E-state index contributed by atoms with van der Waals surface area (Å²) in [7, 11) is 0. The third-order valence-electron chi connectivity index (χ3n) is 3.83. The van der Waals surface area contributed by atoms with Gasteiger partial charge in [-0.05, 0) is 31.9 Å². The van der Waals surface area contributed by atoms with Crippen LogP contribution in [0.4, 0.5) is 5.69 Å². The maximum atomic E-state index is 11.1. The summed E-state index contributed by atoms with van der Waals surface area (Å²) in [5, 5.41) is 13.1. The number of rotatable bonds is 4. The molecule has 2 rings (SSSR count). The highest BCUT2D eigenvalue weighted by Gasteiger charge is 2.32. The molecule has 5 heteroatoms. The molecule has 0 bridgehead atoms. The van der Waals surface area contributed by atoms with E-state index in [-0.39, 0.29) is 18.3 Å². The van der Waals surface area contributed by atoms with Crippen LogP contribution in [-0.4, -0.2) is 42.1 Å². The van der Waals surface area contributed by atoms with Crippen molar-refractivity contribution >= 4 is 23.2 Å². The van der Waals surface area contributed by atoms with Crippen LogP contribution in [0.5, 0.6) is 0 Å². The van der Waals surface area contributed by atoms with Gasteiger partial charge in [0.15, 0.2) is 0 Å². The summed E-state index contributed by atoms with van der Waals surface area (Å²) in [6.07, 6.45) is 1.28. The number of nitrogens with one attached hydrogen (secondary N) is 1. The van der Waals surface area contributed by atoms with E-state index in [0.29, 0.717) is 12.8 Å². The molecule has 1 aromatic carbocycles. The van der Waals surface area contributed by atoms with Crippen molar-refractivity contribution in [3.05, 3.63) is 29.8 Å². The predicted molar refractivity (Wildman–Crippen MR) is 81.3 cm³/mol. The second-order valence-corrected chi connectivity index (χ2v) is 5.72. The molecule has 1 aromatic rings. The molecule has 4 nitrogen and oxygen atoms in total. The first-order valence-corrected chi connectivity index (χ1v) is 7.42. The lowest BCUT2D eigenvalue weighted by Gasteiger charge is -2.39. The number of aryl methyl sites for hydroxylation is 1. The molecule has 0 aliphatic carbocycles. The number of piperidine rings is 1. The normalized spacial score (nSPS) is 17.9. The Morgan fingerprint density at radius 3 is 2.50 bits per heavy atom. The minimum Gasteiger partial charge on any atom is -0.388 e. The largest absolute Gasteiger partial charge is 0.388 e. The van der Waals surface area contributed by atoms with Crippen LogP contribution in [-0.2, 0) is 4.79 Å². The monoisotopic (exact) mass is 296 g/mol. The van der Waals surface area contributed by atoms with E-state index in [4.69, 9.17) is 11.6 Å². The molecule has 1 amide bonds. The highest BCUT2D eigenvalue weighted by molar-refractivity contribution is 6.27. The Labute approximate surface area is 124 Å². The molecule has 1 heterocycles. The molecule has 20 heavy (non-hydrogen) atoms. The minimum atomic E-state index is -0.817. The summed E-state index contributed by atoms with van der Waals surface area (Å²) in [6, 6.07) is 8.40. The van der Waals surface area contributed by atoms with Gasteiger partial charge >= 0.3 is 0 Å². The number of aliphatic hydroxyl groups is 1. The van der Waals surface area contributed by atoms with Gasteiger partial charge in [-0.15, -0.1) is 11.6 Å². The average Bonchev–Trinajstić information content (AvgIpc) is 2.47. The van der Waals surface area contributed by atoms with Crippen molar-refractivity contribution in [2.75, 3.05) is 30.4 Å². The Hall–Kier alpha value is -1.26. The molecule has 110 valence electrons. The Balaban J connectivity index is 1.88. The van der Waals surface area contributed by atoms with Crippen LogP contribution in [0, 0.1) is 6.92 Å². The summed E-state index contributed by atoms with van der Waals surface area (Å²) in [5.41, 5.74) is 1.61. The lowest BCUT2D eigenvalue weighted by molar-refractivity contribution is -0.120. The van der Waals surface area contributed by atoms with Crippen molar-refractivity contribution < 1.29 is 9.90 Å². The van der Waals surface area contributed by atoms with E-state index in [2.05, 4.69) is 41.4 Å². The number of benzene rings is 1. The van der Waals surface area contributed by atoms with E-state index in [1.165, 1.54) is 11.3 Å². The minimum absolute atomic E-state index is 0.0639. The molecule has 0 atom stereocenters. The van der Waals surface area contributed by atoms with Crippen LogP contribution >= 0.6 is 11.6 Å². The zero-order valence-corrected chi connectivity index (χ0v) is 12.5. The van der Waals surface area contributed by atoms with Gasteiger partial charge in [0.05, 0.1) is 5.60 Å². The molecular weight excluding hydrogens is 276 g/mol. The average molecular weight is 297 g/mol. The number of carbonyl (C=O) groups excluding carboxylic acids is 1. The van der Waals surface area contributed by atoms with Gasteiger partial charge in [0, 0.05) is 25.3 Å². The first kappa shape index (κ1) is 15.1. The molecule has 0 aromatic heterocycles. The Bertz CT molecular complexity index is 453.